The molecule has 0 radical (unpaired) electrons. The first kappa shape index (κ1) is 16.4. The number of hydrogen-bond acceptors (Lipinski definition) is 5. The van der Waals surface area contributed by atoms with Gasteiger partial charge in [-0.1, -0.05) is 6.92 Å². The summed E-state index contributed by atoms with van der Waals surface area (Å²) in [4.78, 5) is 10.4. The van der Waals surface area contributed by atoms with Crippen LogP contribution in [0.5, 0.6) is 5.75 Å². The van der Waals surface area contributed by atoms with Crippen LogP contribution < -0.4 is 10.1 Å². The van der Waals surface area contributed by atoms with Gasteiger partial charge >= 0.3 is 0 Å². The lowest BCUT2D eigenvalue weighted by Crippen LogP contribution is -2.28. The summed E-state index contributed by atoms with van der Waals surface area (Å²) in [5.74, 6) is 0.557. The first-order valence-corrected chi connectivity index (χ1v) is 6.66. The van der Waals surface area contributed by atoms with Crippen LogP contribution in [0.25, 0.3) is 0 Å². The van der Waals surface area contributed by atoms with Crippen molar-refractivity contribution in [2.24, 2.45) is 0 Å². The van der Waals surface area contributed by atoms with E-state index in [-0.39, 0.29) is 12.3 Å². The van der Waals surface area contributed by atoms with Crippen molar-refractivity contribution < 1.29 is 14.8 Å². The summed E-state index contributed by atoms with van der Waals surface area (Å²) < 4.78 is 5.55. The molecular weight excluding hydrogens is 260 g/mol. The summed E-state index contributed by atoms with van der Waals surface area (Å²) in [5, 5.41) is 23.7. The van der Waals surface area contributed by atoms with E-state index in [9.17, 15) is 15.2 Å². The van der Waals surface area contributed by atoms with E-state index in [4.69, 9.17) is 4.74 Å². The third-order valence-corrected chi connectivity index (χ3v) is 2.58. The van der Waals surface area contributed by atoms with Crippen LogP contribution in [0.4, 0.5) is 5.69 Å². The van der Waals surface area contributed by atoms with Crippen LogP contribution in [0.15, 0.2) is 18.2 Å². The minimum absolute atomic E-state index is 0.0360. The molecule has 0 unspecified atom stereocenters. The van der Waals surface area contributed by atoms with Gasteiger partial charge in [-0.2, -0.15) is 0 Å². The Morgan fingerprint density at radius 3 is 2.70 bits per heavy atom. The molecule has 0 saturated heterocycles. The molecule has 6 heteroatoms. The molecule has 0 aliphatic heterocycles. The zero-order valence-corrected chi connectivity index (χ0v) is 12.2. The predicted octanol–water partition coefficient (Wildman–Crippen LogP) is 2.24. The number of nitro benzene ring substituents is 1. The third-order valence-electron chi connectivity index (χ3n) is 2.58. The van der Waals surface area contributed by atoms with Gasteiger partial charge in [0.1, 0.15) is 12.4 Å². The highest BCUT2D eigenvalue weighted by atomic mass is 16.6. The lowest BCUT2D eigenvalue weighted by molar-refractivity contribution is -0.384. The van der Waals surface area contributed by atoms with Gasteiger partial charge in [-0.25, -0.2) is 0 Å². The van der Waals surface area contributed by atoms with E-state index in [1.54, 1.807) is 19.9 Å². The van der Waals surface area contributed by atoms with E-state index >= 15 is 0 Å². The minimum atomic E-state index is -0.949. The topological polar surface area (TPSA) is 84.6 Å². The van der Waals surface area contributed by atoms with Crippen molar-refractivity contribution in [2.45, 2.75) is 39.3 Å². The Hall–Kier alpha value is -1.66. The number of rotatable bonds is 8. The molecule has 1 aromatic rings. The van der Waals surface area contributed by atoms with E-state index in [0.717, 1.165) is 18.5 Å². The first-order valence-electron chi connectivity index (χ1n) is 6.66. The number of nitro groups is 1. The van der Waals surface area contributed by atoms with Crippen molar-refractivity contribution in [3.63, 3.8) is 0 Å². The van der Waals surface area contributed by atoms with Gasteiger partial charge in [-0.3, -0.25) is 10.1 Å². The quantitative estimate of drug-likeness (QED) is 0.434. The molecule has 0 fully saturated rings. The zero-order valence-electron chi connectivity index (χ0n) is 12.2. The van der Waals surface area contributed by atoms with Crippen LogP contribution in [0, 0.1) is 10.1 Å². The number of hydrogen-bond donors (Lipinski definition) is 2. The van der Waals surface area contributed by atoms with E-state index in [1.165, 1.54) is 12.1 Å². The summed E-state index contributed by atoms with van der Waals surface area (Å²) in [6, 6.07) is 4.48. The lowest BCUT2D eigenvalue weighted by atomic mass is 10.1. The fourth-order valence-corrected chi connectivity index (χ4v) is 1.61. The fraction of sp³-hybridized carbons (Fsp3) is 0.571. The van der Waals surface area contributed by atoms with Gasteiger partial charge in [0, 0.05) is 24.2 Å². The highest BCUT2D eigenvalue weighted by molar-refractivity contribution is 5.43. The van der Waals surface area contributed by atoms with Gasteiger partial charge in [0.2, 0.25) is 0 Å². The minimum Gasteiger partial charge on any atom is -0.490 e. The largest absolute Gasteiger partial charge is 0.490 e. The summed E-state index contributed by atoms with van der Waals surface area (Å²) in [6.07, 6.45) is 0.981. The van der Waals surface area contributed by atoms with Gasteiger partial charge in [-0.05, 0) is 32.9 Å². The normalized spacial score (nSPS) is 11.4. The Morgan fingerprint density at radius 2 is 2.15 bits per heavy atom. The molecular formula is C14H22N2O4. The van der Waals surface area contributed by atoms with Crippen LogP contribution >= 0.6 is 0 Å². The van der Waals surface area contributed by atoms with Gasteiger partial charge < -0.3 is 15.2 Å². The Morgan fingerprint density at radius 1 is 1.45 bits per heavy atom. The van der Waals surface area contributed by atoms with E-state index < -0.39 is 10.5 Å². The molecule has 6 nitrogen and oxygen atoms in total. The molecule has 0 saturated carbocycles. The standard InChI is InChI=1S/C14H22N2O4/c1-4-7-15-9-11-8-12(16(18)19)5-6-13(11)20-10-14(2,3)17/h5-6,8,15,17H,4,7,9-10H2,1-3H3. The molecule has 0 aliphatic rings. The van der Waals surface area contributed by atoms with Gasteiger partial charge in [0.25, 0.3) is 5.69 Å². The van der Waals surface area contributed by atoms with E-state index in [0.29, 0.717) is 12.3 Å². The fourth-order valence-electron chi connectivity index (χ4n) is 1.61. The first-order chi connectivity index (χ1) is 9.33. The number of non-ortho nitro benzene ring substituents is 1. The number of nitrogens with zero attached hydrogens (tertiary/aromatic N) is 1. The number of nitrogens with one attached hydrogen (secondary N) is 1. The van der Waals surface area contributed by atoms with Crippen LogP contribution in [0.3, 0.4) is 0 Å². The highest BCUT2D eigenvalue weighted by Gasteiger charge is 2.16. The van der Waals surface area contributed by atoms with Crippen molar-refractivity contribution in [1.82, 2.24) is 5.32 Å². The molecule has 0 amide bonds. The number of ether oxygens (including phenoxy) is 1. The number of benzene rings is 1. The maximum absolute atomic E-state index is 10.8. The van der Waals surface area contributed by atoms with E-state index in [1.807, 2.05) is 6.92 Å². The average Bonchev–Trinajstić information content (AvgIpc) is 2.36. The molecule has 112 valence electrons. The number of aliphatic hydroxyl groups is 1. The second kappa shape index (κ2) is 7.21. The van der Waals surface area contributed by atoms with Crippen molar-refractivity contribution >= 4 is 5.69 Å². The molecule has 0 spiro atoms. The summed E-state index contributed by atoms with van der Waals surface area (Å²) in [7, 11) is 0. The van der Waals surface area contributed by atoms with Crippen LogP contribution in [-0.4, -0.2) is 28.8 Å². The molecule has 0 atom stereocenters. The zero-order chi connectivity index (χ0) is 15.2. The summed E-state index contributed by atoms with van der Waals surface area (Å²) in [5.41, 5.74) is -0.193. The molecule has 1 aromatic carbocycles. The van der Waals surface area contributed by atoms with Crippen molar-refractivity contribution in [2.75, 3.05) is 13.2 Å². The Kier molecular flexibility index (Phi) is 5.91. The predicted molar refractivity (Wildman–Crippen MR) is 76.9 cm³/mol. The molecule has 0 bridgehead atoms. The van der Waals surface area contributed by atoms with E-state index in [2.05, 4.69) is 5.32 Å². The lowest BCUT2D eigenvalue weighted by Gasteiger charge is -2.19. The maximum Gasteiger partial charge on any atom is 0.270 e. The summed E-state index contributed by atoms with van der Waals surface area (Å²) >= 11 is 0. The second-order valence-corrected chi connectivity index (χ2v) is 5.33. The molecule has 0 heterocycles. The van der Waals surface area contributed by atoms with Crippen molar-refractivity contribution in [3.8, 4) is 5.75 Å². The molecule has 2 N–H and O–H groups in total. The van der Waals surface area contributed by atoms with Crippen LogP contribution in [0.1, 0.15) is 32.8 Å². The van der Waals surface area contributed by atoms with Crippen molar-refractivity contribution in [1.29, 1.82) is 0 Å². The Bertz CT molecular complexity index is 455. The third kappa shape index (κ3) is 5.54. The van der Waals surface area contributed by atoms with Gasteiger partial charge in [0.05, 0.1) is 10.5 Å². The van der Waals surface area contributed by atoms with Gasteiger partial charge in [-0.15, -0.1) is 0 Å². The monoisotopic (exact) mass is 282 g/mol. The van der Waals surface area contributed by atoms with Gasteiger partial charge in [0.15, 0.2) is 0 Å². The molecule has 0 aliphatic carbocycles. The average molecular weight is 282 g/mol. The highest BCUT2D eigenvalue weighted by Crippen LogP contribution is 2.25. The molecule has 1 rings (SSSR count). The van der Waals surface area contributed by atoms with Crippen LogP contribution in [0.2, 0.25) is 0 Å². The Labute approximate surface area is 118 Å². The van der Waals surface area contributed by atoms with Crippen molar-refractivity contribution in [3.05, 3.63) is 33.9 Å². The molecule has 20 heavy (non-hydrogen) atoms. The summed E-state index contributed by atoms with van der Waals surface area (Å²) in [6.45, 7) is 6.79. The van der Waals surface area contributed by atoms with Crippen LogP contribution in [-0.2, 0) is 6.54 Å². The SMILES string of the molecule is CCCNCc1cc([N+](=O)[O-])ccc1OCC(C)(C)O. The maximum atomic E-state index is 10.8. The molecule has 0 aromatic heterocycles. The second-order valence-electron chi connectivity index (χ2n) is 5.33. The Balaban J connectivity index is 2.87. The smallest absolute Gasteiger partial charge is 0.270 e.